The normalized spacial score (nSPS) is 23.3. The van der Waals surface area contributed by atoms with E-state index in [1.54, 1.807) is 6.92 Å². The average Bonchev–Trinajstić information content (AvgIpc) is 2.51. The number of hydrogen-bond donors (Lipinski definition) is 1. The van der Waals surface area contributed by atoms with Crippen molar-refractivity contribution in [1.29, 1.82) is 0 Å². The van der Waals surface area contributed by atoms with Gasteiger partial charge in [0, 0.05) is 37.0 Å². The van der Waals surface area contributed by atoms with E-state index in [1.807, 2.05) is 42.4 Å². The molecule has 0 aliphatic carbocycles. The van der Waals surface area contributed by atoms with Crippen LogP contribution >= 0.6 is 0 Å². The van der Waals surface area contributed by atoms with Crippen LogP contribution in [0.15, 0.2) is 42.7 Å². The van der Waals surface area contributed by atoms with Crippen LogP contribution in [0.25, 0.3) is 0 Å². The average molecular weight is 309 g/mol. The molecular weight excluding hydrogens is 286 g/mol. The monoisotopic (exact) mass is 309 g/mol. The van der Waals surface area contributed by atoms with Gasteiger partial charge in [0.05, 0.1) is 11.7 Å². The van der Waals surface area contributed by atoms with Gasteiger partial charge in [0.25, 0.3) is 0 Å². The summed E-state index contributed by atoms with van der Waals surface area (Å²) < 4.78 is 0. The van der Waals surface area contributed by atoms with Crippen LogP contribution in [0.5, 0.6) is 0 Å². The number of carbonyl (C=O) groups excluding carboxylic acids is 1. The molecule has 3 atom stereocenters. The fourth-order valence-corrected chi connectivity index (χ4v) is 3.47. The van der Waals surface area contributed by atoms with Gasteiger partial charge in [-0.05, 0) is 37.1 Å². The van der Waals surface area contributed by atoms with Gasteiger partial charge >= 0.3 is 0 Å². The molecule has 0 saturated heterocycles. The van der Waals surface area contributed by atoms with E-state index in [0.717, 1.165) is 22.5 Å². The van der Waals surface area contributed by atoms with Crippen molar-refractivity contribution < 1.29 is 4.79 Å². The highest BCUT2D eigenvalue weighted by Gasteiger charge is 2.37. The fraction of sp³-hybridized carbons (Fsp3) is 0.368. The summed E-state index contributed by atoms with van der Waals surface area (Å²) in [5, 5.41) is 3.62. The van der Waals surface area contributed by atoms with Crippen LogP contribution in [0.4, 0.5) is 11.4 Å². The van der Waals surface area contributed by atoms with Crippen molar-refractivity contribution in [3.8, 4) is 0 Å². The zero-order valence-corrected chi connectivity index (χ0v) is 14.1. The number of hydrogen-bond acceptors (Lipinski definition) is 3. The van der Waals surface area contributed by atoms with Gasteiger partial charge in [0.2, 0.25) is 5.91 Å². The number of aryl methyl sites for hydroxylation is 1. The zero-order valence-electron chi connectivity index (χ0n) is 14.1. The summed E-state index contributed by atoms with van der Waals surface area (Å²) in [5.41, 5.74) is 4.31. The second-order valence-corrected chi connectivity index (χ2v) is 6.42. The first-order chi connectivity index (χ1) is 11.0. The summed E-state index contributed by atoms with van der Waals surface area (Å²) in [6.07, 6.45) is 3.70. The van der Waals surface area contributed by atoms with Crippen LogP contribution in [-0.4, -0.2) is 16.9 Å². The van der Waals surface area contributed by atoms with Crippen molar-refractivity contribution in [3.63, 3.8) is 0 Å². The number of fused-ring (bicyclic) bond motifs is 1. The van der Waals surface area contributed by atoms with Gasteiger partial charge in [0.1, 0.15) is 0 Å². The highest BCUT2D eigenvalue weighted by molar-refractivity contribution is 5.93. The maximum absolute atomic E-state index is 12.1. The number of rotatable bonds is 2. The number of nitrogens with zero attached hydrogens (tertiary/aromatic N) is 2. The molecule has 2 aromatic rings. The predicted molar refractivity (Wildman–Crippen MR) is 93.6 cm³/mol. The van der Waals surface area contributed by atoms with Gasteiger partial charge in [0.15, 0.2) is 0 Å². The molecule has 1 aromatic heterocycles. The second kappa shape index (κ2) is 6.03. The topological polar surface area (TPSA) is 45.2 Å². The first-order valence-corrected chi connectivity index (χ1v) is 8.06. The first-order valence-electron chi connectivity index (χ1n) is 8.06. The van der Waals surface area contributed by atoms with Gasteiger partial charge in [-0.25, -0.2) is 0 Å². The van der Waals surface area contributed by atoms with E-state index in [1.165, 1.54) is 0 Å². The highest BCUT2D eigenvalue weighted by atomic mass is 16.2. The van der Waals surface area contributed by atoms with Crippen LogP contribution in [0, 0.1) is 12.8 Å². The largest absolute Gasteiger partial charge is 0.377 e. The number of aromatic nitrogens is 1. The Kier molecular flexibility index (Phi) is 4.07. The van der Waals surface area contributed by atoms with E-state index >= 15 is 0 Å². The molecule has 1 aliphatic heterocycles. The number of nitrogens with one attached hydrogen (secondary N) is 1. The van der Waals surface area contributed by atoms with E-state index in [9.17, 15) is 4.79 Å². The Bertz CT molecular complexity index is 728. The van der Waals surface area contributed by atoms with E-state index in [0.29, 0.717) is 0 Å². The first kappa shape index (κ1) is 15.5. The smallest absolute Gasteiger partial charge is 0.224 e. The lowest BCUT2D eigenvalue weighted by Crippen LogP contribution is -2.48. The van der Waals surface area contributed by atoms with Gasteiger partial charge in [-0.3, -0.25) is 9.78 Å². The minimum absolute atomic E-state index is 0.0903. The van der Waals surface area contributed by atoms with Crippen molar-refractivity contribution in [1.82, 2.24) is 4.98 Å². The Balaban J connectivity index is 2.03. The molecule has 1 unspecified atom stereocenters. The quantitative estimate of drug-likeness (QED) is 0.914. The zero-order chi connectivity index (χ0) is 16.6. The Hall–Kier alpha value is -2.36. The summed E-state index contributed by atoms with van der Waals surface area (Å²) in [6, 6.07) is 10.5. The minimum Gasteiger partial charge on any atom is -0.377 e. The van der Waals surface area contributed by atoms with Gasteiger partial charge in [-0.15, -0.1) is 0 Å². The third-order valence-electron chi connectivity index (χ3n) is 4.76. The van der Waals surface area contributed by atoms with Crippen molar-refractivity contribution >= 4 is 17.3 Å². The number of pyridine rings is 1. The maximum Gasteiger partial charge on any atom is 0.224 e. The number of para-hydroxylation sites is 1. The molecule has 4 nitrogen and oxygen atoms in total. The molecular formula is C19H23N3O. The molecule has 0 radical (unpaired) electrons. The maximum atomic E-state index is 12.1. The molecule has 23 heavy (non-hydrogen) atoms. The molecule has 0 spiro atoms. The molecule has 3 rings (SSSR count). The molecule has 1 aliphatic rings. The van der Waals surface area contributed by atoms with Crippen molar-refractivity contribution in [2.45, 2.75) is 39.8 Å². The summed E-state index contributed by atoms with van der Waals surface area (Å²) in [5.74, 6) is 0.377. The lowest BCUT2D eigenvalue weighted by Gasteiger charge is -2.44. The van der Waals surface area contributed by atoms with E-state index in [-0.39, 0.29) is 23.9 Å². The van der Waals surface area contributed by atoms with Gasteiger partial charge in [-0.1, -0.05) is 25.1 Å². The minimum atomic E-state index is 0.0903. The van der Waals surface area contributed by atoms with E-state index in [4.69, 9.17) is 0 Å². The lowest BCUT2D eigenvalue weighted by atomic mass is 9.82. The lowest BCUT2D eigenvalue weighted by molar-refractivity contribution is -0.117. The molecule has 1 amide bonds. The van der Waals surface area contributed by atoms with E-state index in [2.05, 4.69) is 36.3 Å². The Morgan fingerprint density at radius 1 is 1.22 bits per heavy atom. The number of benzene rings is 1. The van der Waals surface area contributed by atoms with Crippen molar-refractivity contribution in [2.24, 2.45) is 5.92 Å². The molecule has 4 heteroatoms. The third-order valence-corrected chi connectivity index (χ3v) is 4.76. The predicted octanol–water partition coefficient (Wildman–Crippen LogP) is 3.93. The summed E-state index contributed by atoms with van der Waals surface area (Å²) in [6.45, 7) is 7.98. The van der Waals surface area contributed by atoms with Gasteiger partial charge in [-0.2, -0.15) is 0 Å². The second-order valence-electron chi connectivity index (χ2n) is 6.42. The van der Waals surface area contributed by atoms with E-state index < -0.39 is 0 Å². The molecule has 1 aromatic carbocycles. The summed E-state index contributed by atoms with van der Waals surface area (Å²) in [4.78, 5) is 18.3. The number of amides is 1. The van der Waals surface area contributed by atoms with Crippen LogP contribution < -0.4 is 10.2 Å². The number of carbonyl (C=O) groups is 1. The fourth-order valence-electron chi connectivity index (χ4n) is 3.47. The Labute approximate surface area is 137 Å². The van der Waals surface area contributed by atoms with Crippen molar-refractivity contribution in [2.75, 3.05) is 10.2 Å². The standard InChI is InChI=1S/C19H23N3O/c1-12-9-16(11-20-10-12)21-19-13(2)14(3)22(15(4)23)18-8-6-5-7-17(18)19/h5-11,13-14,19,21H,1-4H3/t13-,14-,19?/m0/s1. The Morgan fingerprint density at radius 2 is 1.96 bits per heavy atom. The summed E-state index contributed by atoms with van der Waals surface area (Å²) in [7, 11) is 0. The van der Waals surface area contributed by atoms with Gasteiger partial charge < -0.3 is 10.2 Å². The van der Waals surface area contributed by atoms with Crippen LogP contribution in [0.2, 0.25) is 0 Å². The van der Waals surface area contributed by atoms with Crippen molar-refractivity contribution in [3.05, 3.63) is 53.9 Å². The van der Waals surface area contributed by atoms with Crippen LogP contribution in [0.3, 0.4) is 0 Å². The Morgan fingerprint density at radius 3 is 2.65 bits per heavy atom. The molecule has 0 saturated carbocycles. The molecule has 2 heterocycles. The van der Waals surface area contributed by atoms with Crippen LogP contribution in [0.1, 0.15) is 37.9 Å². The molecule has 0 fully saturated rings. The number of anilines is 2. The summed E-state index contributed by atoms with van der Waals surface area (Å²) >= 11 is 0. The highest BCUT2D eigenvalue weighted by Crippen LogP contribution is 2.42. The molecule has 120 valence electrons. The SMILES string of the molecule is CC(=O)N1c2ccccc2C(Nc2cncc(C)c2)[C@@H](C)[C@@H]1C. The third kappa shape index (κ3) is 2.81. The molecule has 0 bridgehead atoms. The van der Waals surface area contributed by atoms with Crippen LogP contribution in [-0.2, 0) is 4.79 Å². The molecule has 1 N–H and O–H groups in total.